The van der Waals surface area contributed by atoms with Crippen LogP contribution >= 0.6 is 23.4 Å². The van der Waals surface area contributed by atoms with E-state index in [0.717, 1.165) is 23.9 Å². The largest absolute Gasteiger partial charge is 0.419 e. The van der Waals surface area contributed by atoms with Crippen LogP contribution in [0.5, 0.6) is 0 Å². The Morgan fingerprint density at radius 3 is 2.29 bits per heavy atom. The van der Waals surface area contributed by atoms with Crippen molar-refractivity contribution in [3.05, 3.63) is 52.4 Å². The zero-order valence-electron chi connectivity index (χ0n) is 11.9. The molecule has 0 N–H and O–H groups in total. The Kier molecular flexibility index (Phi) is 5.34. The van der Waals surface area contributed by atoms with Gasteiger partial charge in [-0.2, -0.15) is 26.3 Å². The molecule has 0 fully saturated rings. The van der Waals surface area contributed by atoms with Crippen LogP contribution in [-0.4, -0.2) is 9.97 Å². The highest BCUT2D eigenvalue weighted by atomic mass is 35.5. The summed E-state index contributed by atoms with van der Waals surface area (Å²) in [5.41, 5.74) is -1.90. The van der Waals surface area contributed by atoms with Crippen molar-refractivity contribution in [3.8, 4) is 0 Å². The van der Waals surface area contributed by atoms with Gasteiger partial charge in [0.2, 0.25) is 0 Å². The van der Waals surface area contributed by atoms with E-state index < -0.39 is 28.7 Å². The predicted molar refractivity (Wildman–Crippen MR) is 77.8 cm³/mol. The predicted octanol–water partition coefficient (Wildman–Crippen LogP) is 6.02. The molecule has 130 valence electrons. The van der Waals surface area contributed by atoms with Crippen LogP contribution in [0.1, 0.15) is 29.0 Å². The lowest BCUT2D eigenvalue weighted by Crippen LogP contribution is -2.09. The third-order valence-corrected chi connectivity index (χ3v) is 4.38. The first kappa shape index (κ1) is 18.9. The second-order valence-corrected chi connectivity index (χ2v) is 6.44. The maximum Gasteiger partial charge on any atom is 0.419 e. The fraction of sp³-hybridized carbons (Fsp3) is 0.286. The number of halogens is 7. The lowest BCUT2D eigenvalue weighted by atomic mass is 10.2. The summed E-state index contributed by atoms with van der Waals surface area (Å²) in [6.45, 7) is 1.49. The minimum absolute atomic E-state index is 0.0495. The summed E-state index contributed by atoms with van der Waals surface area (Å²) in [4.78, 5) is 7.34. The highest BCUT2D eigenvalue weighted by molar-refractivity contribution is 7.99. The lowest BCUT2D eigenvalue weighted by molar-refractivity contribution is -0.140. The Bertz CT molecular complexity index is 732. The molecule has 0 spiro atoms. The van der Waals surface area contributed by atoms with Crippen LogP contribution in [0.4, 0.5) is 26.3 Å². The smallest absolute Gasteiger partial charge is 0.258 e. The van der Waals surface area contributed by atoms with Gasteiger partial charge in [-0.05, 0) is 25.1 Å². The standard InChI is InChI=1S/C14H9ClF6N2S/c1-7(11-10(15)5-8(6-23-11)13(16,17)18)24-12-9(14(19,20)21)3-2-4-22-12/h2-7H,1H3/t7-/m1/s1. The van der Waals surface area contributed by atoms with Crippen LogP contribution in [0.25, 0.3) is 0 Å². The summed E-state index contributed by atoms with van der Waals surface area (Å²) in [7, 11) is 0. The highest BCUT2D eigenvalue weighted by Gasteiger charge is 2.35. The van der Waals surface area contributed by atoms with Crippen molar-refractivity contribution in [2.75, 3.05) is 0 Å². The van der Waals surface area contributed by atoms with Crippen LogP contribution in [0, 0.1) is 0 Å². The second-order valence-electron chi connectivity index (χ2n) is 4.70. The molecule has 0 aliphatic carbocycles. The SMILES string of the molecule is C[C@@H](Sc1ncccc1C(F)(F)F)c1ncc(C(F)(F)F)cc1Cl. The van der Waals surface area contributed by atoms with Gasteiger partial charge in [-0.3, -0.25) is 4.98 Å². The summed E-state index contributed by atoms with van der Waals surface area (Å²) in [5, 5.41) is -1.29. The van der Waals surface area contributed by atoms with Crippen molar-refractivity contribution in [1.29, 1.82) is 0 Å². The zero-order chi connectivity index (χ0) is 18.1. The molecule has 0 bridgehead atoms. The summed E-state index contributed by atoms with van der Waals surface area (Å²) in [6, 6.07) is 2.73. The summed E-state index contributed by atoms with van der Waals surface area (Å²) >= 11 is 6.53. The van der Waals surface area contributed by atoms with Crippen LogP contribution in [0.3, 0.4) is 0 Å². The molecule has 0 aromatic carbocycles. The molecule has 0 aliphatic rings. The summed E-state index contributed by atoms with van der Waals surface area (Å²) in [6.07, 6.45) is -7.39. The second kappa shape index (κ2) is 6.79. The van der Waals surface area contributed by atoms with Crippen molar-refractivity contribution in [3.63, 3.8) is 0 Å². The van der Waals surface area contributed by atoms with Crippen LogP contribution in [0.2, 0.25) is 5.02 Å². The third-order valence-electron chi connectivity index (χ3n) is 2.95. The molecule has 0 unspecified atom stereocenters. The fourth-order valence-electron chi connectivity index (χ4n) is 1.83. The van der Waals surface area contributed by atoms with E-state index in [2.05, 4.69) is 9.97 Å². The number of thioether (sulfide) groups is 1. The quantitative estimate of drug-likeness (QED) is 0.476. The Balaban J connectivity index is 2.30. The molecule has 2 heterocycles. The Labute approximate surface area is 142 Å². The van der Waals surface area contributed by atoms with Gasteiger partial charge in [-0.25, -0.2) is 4.98 Å². The molecule has 2 aromatic rings. The number of pyridine rings is 2. The normalized spacial score (nSPS) is 13.8. The molecule has 0 saturated heterocycles. The van der Waals surface area contributed by atoms with E-state index in [-0.39, 0.29) is 15.7 Å². The maximum atomic E-state index is 12.9. The monoisotopic (exact) mass is 386 g/mol. The summed E-state index contributed by atoms with van der Waals surface area (Å²) in [5.74, 6) is 0. The number of rotatable bonds is 3. The van der Waals surface area contributed by atoms with E-state index in [1.165, 1.54) is 13.1 Å². The van der Waals surface area contributed by atoms with Crippen LogP contribution in [-0.2, 0) is 12.4 Å². The van der Waals surface area contributed by atoms with E-state index in [1.807, 2.05) is 0 Å². The molecule has 24 heavy (non-hydrogen) atoms. The van der Waals surface area contributed by atoms with Crippen molar-refractivity contribution in [2.45, 2.75) is 29.6 Å². The van der Waals surface area contributed by atoms with Crippen molar-refractivity contribution in [2.24, 2.45) is 0 Å². The minimum Gasteiger partial charge on any atom is -0.258 e. The van der Waals surface area contributed by atoms with Crippen molar-refractivity contribution in [1.82, 2.24) is 9.97 Å². The molecule has 0 aliphatic heterocycles. The lowest BCUT2D eigenvalue weighted by Gasteiger charge is -2.16. The van der Waals surface area contributed by atoms with E-state index >= 15 is 0 Å². The number of hydrogen-bond acceptors (Lipinski definition) is 3. The molecular weight excluding hydrogens is 378 g/mol. The third kappa shape index (κ3) is 4.32. The molecule has 2 nitrogen and oxygen atoms in total. The van der Waals surface area contributed by atoms with Gasteiger partial charge in [-0.1, -0.05) is 23.4 Å². The molecule has 2 rings (SSSR count). The number of alkyl halides is 6. The minimum atomic E-state index is -4.60. The first-order valence-corrected chi connectivity index (χ1v) is 7.67. The van der Waals surface area contributed by atoms with Crippen molar-refractivity contribution < 1.29 is 26.3 Å². The fourth-order valence-corrected chi connectivity index (χ4v) is 3.29. The topological polar surface area (TPSA) is 25.8 Å². The number of nitrogens with zero attached hydrogens (tertiary/aromatic N) is 2. The van der Waals surface area contributed by atoms with E-state index in [0.29, 0.717) is 12.3 Å². The van der Waals surface area contributed by atoms with Crippen LogP contribution in [0.15, 0.2) is 35.6 Å². The molecule has 2 aromatic heterocycles. The van der Waals surface area contributed by atoms with Gasteiger partial charge in [0, 0.05) is 12.4 Å². The average Bonchev–Trinajstić information content (AvgIpc) is 2.45. The van der Waals surface area contributed by atoms with Gasteiger partial charge < -0.3 is 0 Å². The first-order valence-electron chi connectivity index (χ1n) is 6.41. The Morgan fingerprint density at radius 1 is 1.08 bits per heavy atom. The Morgan fingerprint density at radius 2 is 1.75 bits per heavy atom. The van der Waals surface area contributed by atoms with Gasteiger partial charge >= 0.3 is 12.4 Å². The highest BCUT2D eigenvalue weighted by Crippen LogP contribution is 2.42. The maximum absolute atomic E-state index is 12.9. The van der Waals surface area contributed by atoms with Crippen LogP contribution < -0.4 is 0 Å². The molecule has 0 saturated carbocycles. The van der Waals surface area contributed by atoms with Gasteiger partial charge in [0.05, 0.1) is 27.1 Å². The molecule has 1 atom stereocenters. The molecular formula is C14H9ClF6N2S. The van der Waals surface area contributed by atoms with E-state index in [1.54, 1.807) is 0 Å². The summed E-state index contributed by atoms with van der Waals surface area (Å²) < 4.78 is 76.6. The van der Waals surface area contributed by atoms with E-state index in [9.17, 15) is 26.3 Å². The number of aromatic nitrogens is 2. The van der Waals surface area contributed by atoms with Gasteiger partial charge in [-0.15, -0.1) is 0 Å². The van der Waals surface area contributed by atoms with Crippen molar-refractivity contribution >= 4 is 23.4 Å². The average molecular weight is 387 g/mol. The zero-order valence-corrected chi connectivity index (χ0v) is 13.5. The van der Waals surface area contributed by atoms with Gasteiger partial charge in [0.25, 0.3) is 0 Å². The molecule has 10 heteroatoms. The van der Waals surface area contributed by atoms with Gasteiger partial charge in [0.15, 0.2) is 0 Å². The van der Waals surface area contributed by atoms with Gasteiger partial charge in [0.1, 0.15) is 5.03 Å². The Hall–Kier alpha value is -1.48. The molecule has 0 radical (unpaired) electrons. The number of hydrogen-bond donors (Lipinski definition) is 0. The van der Waals surface area contributed by atoms with E-state index in [4.69, 9.17) is 11.6 Å². The molecule has 0 amide bonds. The first-order chi connectivity index (χ1) is 11.0.